The van der Waals surface area contributed by atoms with Crippen LogP contribution in [0.3, 0.4) is 0 Å². The van der Waals surface area contributed by atoms with Crippen LogP contribution in [0, 0.1) is 5.92 Å². The van der Waals surface area contributed by atoms with E-state index in [0.717, 1.165) is 39.0 Å². The Morgan fingerprint density at radius 3 is 1.74 bits per heavy atom. The normalized spacial score (nSPS) is 25.3. The number of carbonyl (C=O) groups excluding carboxylic acids is 5. The quantitative estimate of drug-likeness (QED) is 0.399. The first-order valence-electron chi connectivity index (χ1n) is 10.0. The molecule has 1 saturated heterocycles. The molecule has 0 aromatic carbocycles. The number of hydrogen-bond donors (Lipinski definition) is 1. The number of esters is 4. The van der Waals surface area contributed by atoms with Crippen molar-refractivity contribution in [2.24, 2.45) is 5.92 Å². The molecule has 0 spiro atoms. The van der Waals surface area contributed by atoms with Crippen molar-refractivity contribution in [1.29, 1.82) is 0 Å². The molecule has 176 valence electrons. The summed E-state index contributed by atoms with van der Waals surface area (Å²) in [4.78, 5) is 59.2. The lowest BCUT2D eigenvalue weighted by atomic mass is 10.0. The summed E-state index contributed by atoms with van der Waals surface area (Å²) >= 11 is 0.879. The van der Waals surface area contributed by atoms with Crippen molar-refractivity contribution in [2.75, 3.05) is 0 Å². The lowest BCUT2D eigenvalue weighted by Gasteiger charge is -2.43. The highest BCUT2D eigenvalue weighted by molar-refractivity contribution is 8.00. The van der Waals surface area contributed by atoms with Crippen LogP contribution in [0.15, 0.2) is 0 Å². The topological polar surface area (TPSA) is 134 Å². The molecule has 1 aliphatic rings. The van der Waals surface area contributed by atoms with E-state index in [0.29, 0.717) is 12.3 Å². The fourth-order valence-corrected chi connectivity index (χ4v) is 4.46. The monoisotopic (exact) mass is 461 g/mol. The fourth-order valence-electron chi connectivity index (χ4n) is 3.06. The van der Waals surface area contributed by atoms with E-state index < -0.39 is 53.0 Å². The Balaban J connectivity index is 3.23. The van der Waals surface area contributed by atoms with Crippen molar-refractivity contribution in [3.05, 3.63) is 0 Å². The molecule has 5 atom stereocenters. The van der Waals surface area contributed by atoms with Crippen LogP contribution in [-0.2, 0) is 42.9 Å². The third kappa shape index (κ3) is 9.58. The summed E-state index contributed by atoms with van der Waals surface area (Å²) in [7, 11) is 0. The van der Waals surface area contributed by atoms with Gasteiger partial charge in [0.25, 0.3) is 0 Å². The molecule has 0 aliphatic carbocycles. The summed E-state index contributed by atoms with van der Waals surface area (Å²) in [5.41, 5.74) is -2.17. The summed E-state index contributed by atoms with van der Waals surface area (Å²) in [6.45, 7) is 8.73. The summed E-state index contributed by atoms with van der Waals surface area (Å²) < 4.78 is 21.2. The number of amides is 1. The van der Waals surface area contributed by atoms with Crippen LogP contribution in [0.1, 0.15) is 60.8 Å². The van der Waals surface area contributed by atoms with Crippen molar-refractivity contribution >= 4 is 41.5 Å². The first-order chi connectivity index (χ1) is 14.4. The van der Waals surface area contributed by atoms with Gasteiger partial charge >= 0.3 is 23.9 Å². The number of ether oxygens (including phenoxy) is 4. The maximum Gasteiger partial charge on any atom is 0.303 e. The van der Waals surface area contributed by atoms with Crippen LogP contribution in [0.5, 0.6) is 0 Å². The second-order valence-corrected chi connectivity index (χ2v) is 8.82. The van der Waals surface area contributed by atoms with Crippen molar-refractivity contribution < 1.29 is 42.9 Å². The lowest BCUT2D eigenvalue weighted by Crippen LogP contribution is -2.63. The van der Waals surface area contributed by atoms with Crippen molar-refractivity contribution in [2.45, 2.75) is 89.9 Å². The van der Waals surface area contributed by atoms with Gasteiger partial charge in [0, 0.05) is 34.1 Å². The molecule has 0 bridgehead atoms. The second kappa shape index (κ2) is 12.5. The van der Waals surface area contributed by atoms with Gasteiger partial charge in [-0.2, -0.15) is 0 Å². The number of carbonyl (C=O) groups is 5. The first-order valence-corrected chi connectivity index (χ1v) is 11.0. The molecule has 11 heteroatoms. The molecule has 0 saturated carbocycles. The van der Waals surface area contributed by atoms with Gasteiger partial charge in [0.1, 0.15) is 6.04 Å². The first kappa shape index (κ1) is 26.7. The van der Waals surface area contributed by atoms with Gasteiger partial charge in [-0.15, -0.1) is 0 Å². The summed E-state index contributed by atoms with van der Waals surface area (Å²) in [5.74, 6) is -2.64. The van der Waals surface area contributed by atoms with Crippen LogP contribution in [0.4, 0.5) is 0 Å². The summed E-state index contributed by atoms with van der Waals surface area (Å²) in [6.07, 6.45) is -0.764. The van der Waals surface area contributed by atoms with Gasteiger partial charge in [-0.3, -0.25) is 24.0 Å². The van der Waals surface area contributed by atoms with Gasteiger partial charge in [-0.05, 0) is 12.3 Å². The minimum Gasteiger partial charge on any atom is -0.456 e. The average Bonchev–Trinajstić information content (AvgIpc) is 2.59. The number of hydrogen-bond acceptors (Lipinski definition) is 10. The minimum absolute atomic E-state index is 0.213. The predicted molar refractivity (Wildman–Crippen MR) is 110 cm³/mol. The Labute approximate surface area is 186 Å². The van der Waals surface area contributed by atoms with Crippen LogP contribution in [0.2, 0.25) is 0 Å². The molecule has 1 aliphatic heterocycles. The zero-order chi connectivity index (χ0) is 23.7. The summed E-state index contributed by atoms with van der Waals surface area (Å²) in [6, 6.07) is -1.03. The van der Waals surface area contributed by atoms with E-state index in [1.807, 2.05) is 13.8 Å². The number of nitrogens with one attached hydrogen (secondary N) is 1. The molecule has 1 rings (SSSR count). The molecule has 10 nitrogen and oxygen atoms in total. The Morgan fingerprint density at radius 2 is 1.26 bits per heavy atom. The van der Waals surface area contributed by atoms with Crippen molar-refractivity contribution in [1.82, 2.24) is 5.32 Å². The van der Waals surface area contributed by atoms with E-state index in [4.69, 9.17) is 18.9 Å². The smallest absolute Gasteiger partial charge is 0.303 e. The van der Waals surface area contributed by atoms with E-state index in [1.54, 1.807) is 0 Å². The molecule has 1 heterocycles. The highest BCUT2D eigenvalue weighted by atomic mass is 32.2. The fraction of sp³-hybridized carbons (Fsp3) is 0.750. The van der Waals surface area contributed by atoms with E-state index in [1.165, 1.54) is 6.92 Å². The highest BCUT2D eigenvalue weighted by Gasteiger charge is 2.53. The van der Waals surface area contributed by atoms with Crippen molar-refractivity contribution in [3.63, 3.8) is 0 Å². The molecule has 0 aromatic rings. The van der Waals surface area contributed by atoms with Crippen molar-refractivity contribution in [3.8, 4) is 0 Å². The predicted octanol–water partition coefficient (Wildman–Crippen LogP) is 1.69. The Morgan fingerprint density at radius 1 is 0.774 bits per heavy atom. The van der Waals surface area contributed by atoms with Crippen LogP contribution in [-0.4, -0.2) is 58.9 Å². The number of thioether (sulfide) groups is 1. The highest BCUT2D eigenvalue weighted by Crippen LogP contribution is 2.37. The Kier molecular flexibility index (Phi) is 10.8. The Hall–Kier alpha value is -2.30. The zero-order valence-corrected chi connectivity index (χ0v) is 19.5. The molecule has 1 fully saturated rings. The van der Waals surface area contributed by atoms with Gasteiger partial charge in [0.2, 0.25) is 5.91 Å². The van der Waals surface area contributed by atoms with E-state index >= 15 is 0 Å². The van der Waals surface area contributed by atoms with Crippen LogP contribution < -0.4 is 5.32 Å². The molecule has 1 unspecified atom stereocenters. The van der Waals surface area contributed by atoms with Crippen LogP contribution >= 0.6 is 11.8 Å². The van der Waals surface area contributed by atoms with Gasteiger partial charge < -0.3 is 24.3 Å². The molecular formula is C20H31NO9S. The van der Waals surface area contributed by atoms with Gasteiger partial charge in [0.05, 0.1) is 0 Å². The molecule has 31 heavy (non-hydrogen) atoms. The SMILES string of the molecule is CC(=O)OC1S[C@H](OC(C)=O)[C@@H](OC(C)=O)[C@H](OC(C)=O)[C@H]1NC(=O)CCCC(C)C. The third-order valence-electron chi connectivity index (χ3n) is 4.19. The lowest BCUT2D eigenvalue weighted by molar-refractivity contribution is -0.184. The summed E-state index contributed by atoms with van der Waals surface area (Å²) in [5, 5.41) is 2.73. The van der Waals surface area contributed by atoms with Crippen LogP contribution in [0.25, 0.3) is 0 Å². The Bertz CT molecular complexity index is 682. The largest absolute Gasteiger partial charge is 0.456 e. The maximum absolute atomic E-state index is 12.5. The molecule has 1 N–H and O–H groups in total. The standard InChI is InChI=1S/C20H31NO9S/c1-10(2)8-7-9-15(26)21-16-17(27-11(3)22)18(28-12(4)23)20(30-14(6)25)31-19(16)29-13(5)24/h10,16-20H,7-9H2,1-6H3,(H,21,26)/t16-,17-,18+,19?,20+/m1/s1. The second-order valence-electron chi connectivity index (χ2n) is 7.62. The minimum atomic E-state index is -1.25. The number of rotatable bonds is 9. The van der Waals surface area contributed by atoms with E-state index in [-0.39, 0.29) is 12.3 Å². The molecular weight excluding hydrogens is 430 g/mol. The van der Waals surface area contributed by atoms with Gasteiger partial charge in [-0.25, -0.2) is 0 Å². The zero-order valence-electron chi connectivity index (χ0n) is 18.7. The third-order valence-corrected chi connectivity index (χ3v) is 5.48. The maximum atomic E-state index is 12.5. The van der Waals surface area contributed by atoms with Gasteiger partial charge in [0.15, 0.2) is 23.1 Å². The molecule has 1 amide bonds. The van der Waals surface area contributed by atoms with E-state index in [2.05, 4.69) is 5.32 Å². The average molecular weight is 462 g/mol. The van der Waals surface area contributed by atoms with Gasteiger partial charge in [-0.1, -0.05) is 32.0 Å². The van der Waals surface area contributed by atoms with E-state index in [9.17, 15) is 24.0 Å². The molecule has 0 aromatic heterocycles. The molecule has 0 radical (unpaired) electrons.